The molecule has 0 aliphatic heterocycles. The second-order valence-electron chi connectivity index (χ2n) is 5.06. The standard InChI is InChI=1S/C11H16BCl2NO3/c1-10(2,16)11(3,4)18-12(17)7-5-15-6-8(13)9(7)14/h5-6,16-17H,1-4H3. The van der Waals surface area contributed by atoms with Gasteiger partial charge in [0.15, 0.2) is 0 Å². The van der Waals surface area contributed by atoms with Gasteiger partial charge in [-0.25, -0.2) is 0 Å². The molecule has 18 heavy (non-hydrogen) atoms. The van der Waals surface area contributed by atoms with Crippen LogP contribution in [0.1, 0.15) is 27.7 Å². The molecule has 1 rings (SSSR count). The van der Waals surface area contributed by atoms with E-state index in [4.69, 9.17) is 27.9 Å². The van der Waals surface area contributed by atoms with Crippen molar-refractivity contribution < 1.29 is 14.8 Å². The minimum absolute atomic E-state index is 0.186. The Kier molecular flexibility index (Phi) is 4.68. The highest BCUT2D eigenvalue weighted by atomic mass is 35.5. The molecule has 0 unspecified atom stereocenters. The lowest BCUT2D eigenvalue weighted by Crippen LogP contribution is -2.53. The summed E-state index contributed by atoms with van der Waals surface area (Å²) in [5, 5.41) is 20.4. The van der Waals surface area contributed by atoms with E-state index in [1.807, 2.05) is 0 Å². The zero-order chi connectivity index (χ0) is 14.1. The van der Waals surface area contributed by atoms with Crippen molar-refractivity contribution in [3.8, 4) is 0 Å². The van der Waals surface area contributed by atoms with Gasteiger partial charge >= 0.3 is 7.12 Å². The molecule has 1 aromatic heterocycles. The number of rotatable bonds is 4. The van der Waals surface area contributed by atoms with E-state index in [1.54, 1.807) is 27.7 Å². The molecule has 0 saturated heterocycles. The Hall–Kier alpha value is -0.325. The van der Waals surface area contributed by atoms with Crippen LogP contribution in [0, 0.1) is 0 Å². The van der Waals surface area contributed by atoms with E-state index in [0.717, 1.165) is 0 Å². The number of pyridine rings is 1. The maximum atomic E-state index is 10.0. The van der Waals surface area contributed by atoms with E-state index in [9.17, 15) is 10.1 Å². The third-order valence-corrected chi connectivity index (χ3v) is 3.82. The molecule has 0 bridgehead atoms. The maximum Gasteiger partial charge on any atom is 0.494 e. The van der Waals surface area contributed by atoms with Crippen molar-refractivity contribution in [3.05, 3.63) is 22.4 Å². The van der Waals surface area contributed by atoms with Gasteiger partial charge in [-0.3, -0.25) is 4.98 Å². The Morgan fingerprint density at radius 2 is 1.78 bits per heavy atom. The summed E-state index contributed by atoms with van der Waals surface area (Å²) >= 11 is 11.8. The van der Waals surface area contributed by atoms with Crippen molar-refractivity contribution in [3.63, 3.8) is 0 Å². The lowest BCUT2D eigenvalue weighted by atomic mass is 9.77. The minimum atomic E-state index is -1.31. The molecule has 0 radical (unpaired) electrons. The average Bonchev–Trinajstić information content (AvgIpc) is 2.19. The molecule has 7 heteroatoms. The van der Waals surface area contributed by atoms with Crippen LogP contribution < -0.4 is 5.46 Å². The summed E-state index contributed by atoms with van der Waals surface area (Å²) in [4.78, 5) is 3.84. The van der Waals surface area contributed by atoms with Crippen molar-refractivity contribution in [2.75, 3.05) is 0 Å². The van der Waals surface area contributed by atoms with Gasteiger partial charge in [0.2, 0.25) is 0 Å². The highest BCUT2D eigenvalue weighted by Gasteiger charge is 2.40. The van der Waals surface area contributed by atoms with Crippen LogP contribution in [0.2, 0.25) is 10.0 Å². The predicted molar refractivity (Wildman–Crippen MR) is 73.3 cm³/mol. The van der Waals surface area contributed by atoms with Gasteiger partial charge in [0.05, 0.1) is 21.2 Å². The quantitative estimate of drug-likeness (QED) is 0.828. The Bertz CT molecular complexity index is 435. The van der Waals surface area contributed by atoms with Gasteiger partial charge in [-0.2, -0.15) is 0 Å². The molecular weight excluding hydrogens is 276 g/mol. The molecule has 0 aliphatic carbocycles. The molecule has 100 valence electrons. The Balaban J connectivity index is 2.96. The molecule has 0 aromatic carbocycles. The van der Waals surface area contributed by atoms with E-state index in [2.05, 4.69) is 4.98 Å². The zero-order valence-corrected chi connectivity index (χ0v) is 12.2. The summed E-state index contributed by atoms with van der Waals surface area (Å²) in [5.41, 5.74) is -1.84. The van der Waals surface area contributed by atoms with Crippen LogP contribution in [0.5, 0.6) is 0 Å². The number of halogens is 2. The van der Waals surface area contributed by atoms with Crippen molar-refractivity contribution in [2.24, 2.45) is 0 Å². The van der Waals surface area contributed by atoms with E-state index >= 15 is 0 Å². The van der Waals surface area contributed by atoms with Crippen LogP contribution in [0.25, 0.3) is 0 Å². The largest absolute Gasteiger partial charge is 0.494 e. The van der Waals surface area contributed by atoms with Gasteiger partial charge in [-0.1, -0.05) is 23.2 Å². The van der Waals surface area contributed by atoms with Crippen molar-refractivity contribution in [1.82, 2.24) is 4.98 Å². The summed E-state index contributed by atoms with van der Waals surface area (Å²) in [5.74, 6) is 0. The van der Waals surface area contributed by atoms with Crippen molar-refractivity contribution >= 4 is 35.8 Å². The maximum absolute atomic E-state index is 10.0. The molecule has 0 aliphatic rings. The number of hydrogen-bond donors (Lipinski definition) is 2. The average molecular weight is 292 g/mol. The van der Waals surface area contributed by atoms with Crippen molar-refractivity contribution in [2.45, 2.75) is 38.9 Å². The topological polar surface area (TPSA) is 62.6 Å². The molecule has 0 amide bonds. The van der Waals surface area contributed by atoms with E-state index in [1.165, 1.54) is 12.4 Å². The highest BCUT2D eigenvalue weighted by Crippen LogP contribution is 2.26. The highest BCUT2D eigenvalue weighted by molar-refractivity contribution is 6.65. The number of hydrogen-bond acceptors (Lipinski definition) is 4. The van der Waals surface area contributed by atoms with Crippen LogP contribution in [0.4, 0.5) is 0 Å². The Morgan fingerprint density at radius 3 is 2.28 bits per heavy atom. The number of aliphatic hydroxyl groups is 1. The second-order valence-corrected chi connectivity index (χ2v) is 5.85. The number of nitrogens with zero attached hydrogens (tertiary/aromatic N) is 1. The fraction of sp³-hybridized carbons (Fsp3) is 0.545. The molecule has 4 nitrogen and oxygen atoms in total. The van der Waals surface area contributed by atoms with Gasteiger partial charge < -0.3 is 14.8 Å². The summed E-state index contributed by atoms with van der Waals surface area (Å²) in [6, 6.07) is 0. The van der Waals surface area contributed by atoms with Crippen LogP contribution in [-0.2, 0) is 4.65 Å². The van der Waals surface area contributed by atoms with Gasteiger partial charge in [0.1, 0.15) is 0 Å². The first-order chi connectivity index (χ1) is 8.06. The predicted octanol–water partition coefficient (Wildman–Crippen LogP) is 1.64. The summed E-state index contributed by atoms with van der Waals surface area (Å²) < 4.78 is 5.45. The molecule has 1 heterocycles. The van der Waals surface area contributed by atoms with E-state index < -0.39 is 18.3 Å². The van der Waals surface area contributed by atoms with Gasteiger partial charge in [-0.15, -0.1) is 0 Å². The Labute approximate surface area is 117 Å². The van der Waals surface area contributed by atoms with E-state index in [0.29, 0.717) is 0 Å². The zero-order valence-electron chi connectivity index (χ0n) is 10.7. The molecule has 0 spiro atoms. The molecular formula is C11H16BCl2NO3. The third-order valence-electron chi connectivity index (χ3n) is 3.01. The van der Waals surface area contributed by atoms with E-state index in [-0.39, 0.29) is 15.5 Å². The fourth-order valence-electron chi connectivity index (χ4n) is 1.09. The third kappa shape index (κ3) is 3.36. The lowest BCUT2D eigenvalue weighted by Gasteiger charge is -2.38. The first kappa shape index (κ1) is 15.7. The first-order valence-electron chi connectivity index (χ1n) is 5.43. The monoisotopic (exact) mass is 291 g/mol. The van der Waals surface area contributed by atoms with Gasteiger partial charge in [-0.05, 0) is 27.7 Å². The normalized spacial score (nSPS) is 12.7. The SMILES string of the molecule is CC(C)(O)C(C)(C)OB(O)c1cncc(Cl)c1Cl. The summed E-state index contributed by atoms with van der Waals surface area (Å²) in [7, 11) is -1.31. The fourth-order valence-corrected chi connectivity index (χ4v) is 1.45. The summed E-state index contributed by atoms with van der Waals surface area (Å²) in [6.45, 7) is 6.53. The van der Waals surface area contributed by atoms with Gasteiger partial charge in [0, 0.05) is 17.9 Å². The molecule has 2 N–H and O–H groups in total. The molecule has 1 aromatic rings. The van der Waals surface area contributed by atoms with Crippen LogP contribution >= 0.6 is 23.2 Å². The molecule has 0 fully saturated rings. The lowest BCUT2D eigenvalue weighted by molar-refractivity contribution is -0.0982. The number of aromatic nitrogens is 1. The first-order valence-corrected chi connectivity index (χ1v) is 6.19. The minimum Gasteiger partial charge on any atom is -0.423 e. The van der Waals surface area contributed by atoms with Crippen LogP contribution in [0.3, 0.4) is 0 Å². The Morgan fingerprint density at radius 1 is 1.22 bits per heavy atom. The molecule has 0 saturated carbocycles. The summed E-state index contributed by atoms with van der Waals surface area (Å²) in [6.07, 6.45) is 2.75. The van der Waals surface area contributed by atoms with Crippen LogP contribution in [-0.4, -0.2) is 33.4 Å². The second kappa shape index (κ2) is 5.35. The van der Waals surface area contributed by atoms with Crippen molar-refractivity contribution in [1.29, 1.82) is 0 Å². The van der Waals surface area contributed by atoms with Crippen LogP contribution in [0.15, 0.2) is 12.4 Å². The molecule has 0 atom stereocenters. The van der Waals surface area contributed by atoms with Gasteiger partial charge in [0.25, 0.3) is 0 Å². The smallest absolute Gasteiger partial charge is 0.423 e.